The molecule has 1 fully saturated rings. The lowest BCUT2D eigenvalue weighted by atomic mass is 9.91. The number of likely N-dealkylation sites (tertiary alicyclic amines) is 1. The third-order valence-corrected chi connectivity index (χ3v) is 6.47. The maximum Gasteiger partial charge on any atom is 0.408 e. The lowest BCUT2D eigenvalue weighted by Crippen LogP contribution is -2.51. The molecule has 34 heavy (non-hydrogen) atoms. The molecule has 1 aromatic carbocycles. The summed E-state index contributed by atoms with van der Waals surface area (Å²) in [7, 11) is 1.72. The Labute approximate surface area is 198 Å². The fourth-order valence-electron chi connectivity index (χ4n) is 4.82. The van der Waals surface area contributed by atoms with Crippen molar-refractivity contribution in [3.63, 3.8) is 0 Å². The fraction of sp³-hybridized carbons (Fsp3) is 0.500. The SMILES string of the molecule is Cn1cc(-c2ccc3c(c2)CC[C@@H]3[C@H](NC(=O)OC(C)(C)C)C(=O)N2CC[C@H](F)C2)ccc1=O. The number of fused-ring (bicyclic) bond motifs is 1. The van der Waals surface area contributed by atoms with Gasteiger partial charge in [-0.25, -0.2) is 9.18 Å². The Hall–Kier alpha value is -3.16. The Kier molecular flexibility index (Phi) is 6.51. The molecular formula is C26H32FN3O4. The van der Waals surface area contributed by atoms with Crippen molar-refractivity contribution < 1.29 is 18.7 Å². The van der Waals surface area contributed by atoms with E-state index in [0.717, 1.165) is 28.7 Å². The highest BCUT2D eigenvalue weighted by Crippen LogP contribution is 2.38. The molecule has 3 atom stereocenters. The van der Waals surface area contributed by atoms with Crippen molar-refractivity contribution in [3.05, 3.63) is 58.0 Å². The number of benzene rings is 1. The summed E-state index contributed by atoms with van der Waals surface area (Å²) in [6, 6.07) is 8.56. The summed E-state index contributed by atoms with van der Waals surface area (Å²) in [4.78, 5) is 39.3. The molecule has 1 aliphatic carbocycles. The molecule has 2 heterocycles. The summed E-state index contributed by atoms with van der Waals surface area (Å²) in [6.07, 6.45) is 1.86. The normalized spacial score (nSPS) is 20.7. The average Bonchev–Trinajstić information content (AvgIpc) is 3.38. The highest BCUT2D eigenvalue weighted by Gasteiger charge is 2.40. The van der Waals surface area contributed by atoms with Gasteiger partial charge in [0.25, 0.3) is 0 Å². The number of hydrogen-bond donors (Lipinski definition) is 1. The van der Waals surface area contributed by atoms with Crippen molar-refractivity contribution >= 4 is 12.0 Å². The van der Waals surface area contributed by atoms with Crippen molar-refractivity contribution in [1.29, 1.82) is 0 Å². The van der Waals surface area contributed by atoms with Gasteiger partial charge in [0.15, 0.2) is 0 Å². The minimum Gasteiger partial charge on any atom is -0.444 e. The van der Waals surface area contributed by atoms with E-state index in [0.29, 0.717) is 19.4 Å². The van der Waals surface area contributed by atoms with Gasteiger partial charge in [-0.05, 0) is 68.4 Å². The number of rotatable bonds is 4. The predicted octanol–water partition coefficient (Wildman–Crippen LogP) is 3.55. The third kappa shape index (κ3) is 5.16. The molecule has 2 amide bonds. The van der Waals surface area contributed by atoms with Gasteiger partial charge >= 0.3 is 6.09 Å². The number of pyridine rings is 1. The smallest absolute Gasteiger partial charge is 0.408 e. The molecular weight excluding hydrogens is 437 g/mol. The Morgan fingerprint density at radius 1 is 1.15 bits per heavy atom. The van der Waals surface area contributed by atoms with Gasteiger partial charge in [-0.15, -0.1) is 0 Å². The number of amides is 2. The molecule has 1 N–H and O–H groups in total. The van der Waals surface area contributed by atoms with Gasteiger partial charge < -0.3 is 19.5 Å². The van der Waals surface area contributed by atoms with E-state index in [-0.39, 0.29) is 23.9 Å². The number of alkyl halides is 1. The van der Waals surface area contributed by atoms with E-state index >= 15 is 0 Å². The first-order chi connectivity index (χ1) is 16.0. The van der Waals surface area contributed by atoms with Crippen LogP contribution in [0, 0.1) is 0 Å². The van der Waals surface area contributed by atoms with Gasteiger partial charge in [0, 0.05) is 31.8 Å². The zero-order chi connectivity index (χ0) is 24.6. The second-order valence-electron chi connectivity index (χ2n) is 10.2. The lowest BCUT2D eigenvalue weighted by Gasteiger charge is -2.30. The summed E-state index contributed by atoms with van der Waals surface area (Å²) in [6.45, 7) is 5.70. The van der Waals surface area contributed by atoms with E-state index in [9.17, 15) is 18.8 Å². The molecule has 2 aliphatic rings. The number of ether oxygens (including phenoxy) is 1. The number of carbonyl (C=O) groups excluding carboxylic acids is 2. The van der Waals surface area contributed by atoms with Crippen molar-refractivity contribution in [2.24, 2.45) is 7.05 Å². The van der Waals surface area contributed by atoms with Crippen LogP contribution in [0.5, 0.6) is 0 Å². The predicted molar refractivity (Wildman–Crippen MR) is 127 cm³/mol. The van der Waals surface area contributed by atoms with E-state index in [1.165, 1.54) is 4.90 Å². The zero-order valence-corrected chi connectivity index (χ0v) is 20.1. The number of halogens is 1. The number of carbonyl (C=O) groups is 2. The van der Waals surface area contributed by atoms with Crippen molar-refractivity contribution in [1.82, 2.24) is 14.8 Å². The van der Waals surface area contributed by atoms with E-state index in [4.69, 9.17) is 4.74 Å². The Balaban J connectivity index is 1.62. The minimum atomic E-state index is -1.04. The largest absolute Gasteiger partial charge is 0.444 e. The Bertz CT molecular complexity index is 1150. The molecule has 0 unspecified atom stereocenters. The number of nitrogens with one attached hydrogen (secondary N) is 1. The maximum absolute atomic E-state index is 13.8. The minimum absolute atomic E-state index is 0.0522. The first-order valence-corrected chi connectivity index (χ1v) is 11.7. The second-order valence-corrected chi connectivity index (χ2v) is 10.2. The number of alkyl carbamates (subject to hydrolysis) is 1. The topological polar surface area (TPSA) is 80.6 Å². The fourth-order valence-corrected chi connectivity index (χ4v) is 4.82. The monoisotopic (exact) mass is 469 g/mol. The van der Waals surface area contributed by atoms with Gasteiger partial charge in [0.1, 0.15) is 17.8 Å². The molecule has 0 radical (unpaired) electrons. The van der Waals surface area contributed by atoms with Gasteiger partial charge in [0.2, 0.25) is 11.5 Å². The Morgan fingerprint density at radius 2 is 1.88 bits per heavy atom. The summed E-state index contributed by atoms with van der Waals surface area (Å²) >= 11 is 0. The van der Waals surface area contributed by atoms with Crippen LogP contribution in [0.4, 0.5) is 9.18 Å². The van der Waals surface area contributed by atoms with E-state index < -0.39 is 23.9 Å². The van der Waals surface area contributed by atoms with Gasteiger partial charge in [-0.1, -0.05) is 18.2 Å². The number of aromatic nitrogens is 1. The standard InChI is InChI=1S/C26H32FN3O4/c1-26(2,3)34-25(33)28-23(24(32)30-12-11-19(27)15-30)21-9-6-17-13-16(5-8-20(17)21)18-7-10-22(31)29(4)14-18/h5,7-8,10,13-14,19,21,23H,6,9,11-12,15H2,1-4H3,(H,28,33)/t19-,21-,23-/m0/s1. The third-order valence-electron chi connectivity index (χ3n) is 6.47. The van der Waals surface area contributed by atoms with E-state index in [1.807, 2.05) is 12.1 Å². The highest BCUT2D eigenvalue weighted by atomic mass is 19.1. The first kappa shape index (κ1) is 24.0. The molecule has 1 aliphatic heterocycles. The van der Waals surface area contributed by atoms with Crippen molar-refractivity contribution in [2.45, 2.75) is 63.8 Å². The van der Waals surface area contributed by atoms with Crippen LogP contribution in [0.1, 0.15) is 50.7 Å². The van der Waals surface area contributed by atoms with Crippen LogP contribution in [0.15, 0.2) is 41.3 Å². The lowest BCUT2D eigenvalue weighted by molar-refractivity contribution is -0.133. The Morgan fingerprint density at radius 3 is 2.53 bits per heavy atom. The van der Waals surface area contributed by atoms with Crippen molar-refractivity contribution in [3.8, 4) is 11.1 Å². The quantitative estimate of drug-likeness (QED) is 0.743. The van der Waals surface area contributed by atoms with Crippen molar-refractivity contribution in [2.75, 3.05) is 13.1 Å². The molecule has 8 heteroatoms. The number of hydrogen-bond acceptors (Lipinski definition) is 4. The molecule has 2 aromatic rings. The van der Waals surface area contributed by atoms with Crippen LogP contribution in [-0.4, -0.2) is 52.4 Å². The molecule has 4 rings (SSSR count). The van der Waals surface area contributed by atoms with Crippen LogP contribution in [0.2, 0.25) is 0 Å². The summed E-state index contributed by atoms with van der Waals surface area (Å²) in [5.41, 5.74) is 3.24. The summed E-state index contributed by atoms with van der Waals surface area (Å²) < 4.78 is 20.8. The van der Waals surface area contributed by atoms with Crippen LogP contribution in [0.25, 0.3) is 11.1 Å². The van der Waals surface area contributed by atoms with Crippen LogP contribution in [0.3, 0.4) is 0 Å². The number of nitrogens with zero attached hydrogens (tertiary/aromatic N) is 2. The highest BCUT2D eigenvalue weighted by molar-refractivity contribution is 5.87. The molecule has 182 valence electrons. The molecule has 1 saturated heterocycles. The summed E-state index contributed by atoms with van der Waals surface area (Å²) in [5.74, 6) is -0.506. The molecule has 0 saturated carbocycles. The van der Waals surface area contributed by atoms with Crippen LogP contribution < -0.4 is 10.9 Å². The first-order valence-electron chi connectivity index (χ1n) is 11.7. The molecule has 0 spiro atoms. The van der Waals surface area contributed by atoms with E-state index in [2.05, 4.69) is 11.4 Å². The van der Waals surface area contributed by atoms with Gasteiger partial charge in [-0.3, -0.25) is 9.59 Å². The second kappa shape index (κ2) is 9.24. The molecule has 7 nitrogen and oxygen atoms in total. The van der Waals surface area contributed by atoms with Gasteiger partial charge in [0.05, 0.1) is 6.54 Å². The average molecular weight is 470 g/mol. The zero-order valence-electron chi connectivity index (χ0n) is 20.1. The summed E-state index contributed by atoms with van der Waals surface area (Å²) in [5, 5.41) is 2.80. The van der Waals surface area contributed by atoms with Crippen LogP contribution >= 0.6 is 0 Å². The maximum atomic E-state index is 13.8. The van der Waals surface area contributed by atoms with Crippen LogP contribution in [-0.2, 0) is 23.0 Å². The molecule has 0 bridgehead atoms. The number of aryl methyl sites for hydroxylation is 2. The van der Waals surface area contributed by atoms with E-state index in [1.54, 1.807) is 50.7 Å². The molecule has 1 aromatic heterocycles. The van der Waals surface area contributed by atoms with Gasteiger partial charge in [-0.2, -0.15) is 0 Å².